The Kier molecular flexibility index (Phi) is 5.87. The number of carbonyl (C=O) groups is 1. The summed E-state index contributed by atoms with van der Waals surface area (Å²) >= 11 is 0. The largest absolute Gasteiger partial charge is 0.372 e. The zero-order valence-electron chi connectivity index (χ0n) is 17.8. The number of rotatable bonds is 5. The van der Waals surface area contributed by atoms with Crippen LogP contribution in [0.3, 0.4) is 0 Å². The van der Waals surface area contributed by atoms with Crippen molar-refractivity contribution in [2.24, 2.45) is 0 Å². The monoisotopic (exact) mass is 426 g/mol. The third kappa shape index (κ3) is 4.10. The van der Waals surface area contributed by atoms with Crippen molar-refractivity contribution in [2.75, 3.05) is 24.2 Å². The minimum Gasteiger partial charge on any atom is -0.372 e. The number of benzene rings is 2. The summed E-state index contributed by atoms with van der Waals surface area (Å²) in [5.74, 6) is -0.230. The molecule has 6 heteroatoms. The minimum absolute atomic E-state index is 0.0157. The molecule has 0 saturated carbocycles. The molecule has 2 aromatic carbocycles. The van der Waals surface area contributed by atoms with E-state index in [0.29, 0.717) is 11.4 Å². The minimum atomic E-state index is -3.48. The summed E-state index contributed by atoms with van der Waals surface area (Å²) in [5, 5.41) is 0. The van der Waals surface area contributed by atoms with Gasteiger partial charge < -0.3 is 9.80 Å². The molecule has 1 amide bonds. The Labute approximate surface area is 179 Å². The predicted octanol–water partition coefficient (Wildman–Crippen LogP) is 3.60. The van der Waals surface area contributed by atoms with Crippen molar-refractivity contribution in [3.8, 4) is 0 Å². The summed E-state index contributed by atoms with van der Waals surface area (Å²) in [7, 11) is -1.43. The molecule has 0 bridgehead atoms. The molecule has 1 aliphatic heterocycles. The topological polar surface area (TPSA) is 57.7 Å². The molecule has 1 aliphatic carbocycles. The molecule has 2 aromatic rings. The lowest BCUT2D eigenvalue weighted by molar-refractivity contribution is -0.133. The first-order valence-corrected chi connectivity index (χ1v) is 12.5. The Balaban J connectivity index is 1.50. The van der Waals surface area contributed by atoms with Gasteiger partial charge in [0.1, 0.15) is 0 Å². The van der Waals surface area contributed by atoms with Crippen LogP contribution in [0.5, 0.6) is 0 Å². The third-order valence-corrected chi connectivity index (χ3v) is 8.19. The molecule has 1 heterocycles. The quantitative estimate of drug-likeness (QED) is 0.733. The Morgan fingerprint density at radius 1 is 1.07 bits per heavy atom. The molecule has 4 rings (SSSR count). The first-order chi connectivity index (χ1) is 14.4. The van der Waals surface area contributed by atoms with Crippen molar-refractivity contribution >= 4 is 21.4 Å². The van der Waals surface area contributed by atoms with Gasteiger partial charge in [-0.15, -0.1) is 0 Å². The van der Waals surface area contributed by atoms with Crippen LogP contribution in [-0.4, -0.2) is 44.6 Å². The smallest absolute Gasteiger partial charge is 0.224 e. The molecule has 0 saturated heterocycles. The highest BCUT2D eigenvalue weighted by Crippen LogP contribution is 2.28. The van der Waals surface area contributed by atoms with Crippen LogP contribution < -0.4 is 4.90 Å². The van der Waals surface area contributed by atoms with E-state index in [-0.39, 0.29) is 24.1 Å². The van der Waals surface area contributed by atoms with E-state index in [1.165, 1.54) is 5.56 Å². The fourth-order valence-electron chi connectivity index (χ4n) is 4.71. The van der Waals surface area contributed by atoms with E-state index in [1.807, 2.05) is 42.3 Å². The number of aryl methyl sites for hydroxylation is 2. The summed E-state index contributed by atoms with van der Waals surface area (Å²) in [6.45, 7) is 3.35. The van der Waals surface area contributed by atoms with Crippen molar-refractivity contribution in [3.05, 3.63) is 59.2 Å². The van der Waals surface area contributed by atoms with Gasteiger partial charge in [0.25, 0.3) is 0 Å². The van der Waals surface area contributed by atoms with Gasteiger partial charge in [0.2, 0.25) is 5.91 Å². The predicted molar refractivity (Wildman–Crippen MR) is 119 cm³/mol. The first-order valence-electron chi connectivity index (χ1n) is 10.8. The molecule has 0 spiro atoms. The Hall–Kier alpha value is -2.34. The van der Waals surface area contributed by atoms with Crippen molar-refractivity contribution in [1.82, 2.24) is 4.90 Å². The fraction of sp³-hybridized carbons (Fsp3) is 0.458. The van der Waals surface area contributed by atoms with Gasteiger partial charge in [-0.25, -0.2) is 8.42 Å². The van der Waals surface area contributed by atoms with Gasteiger partial charge in [-0.05, 0) is 60.6 Å². The number of anilines is 1. The Bertz CT molecular complexity index is 1050. The molecule has 5 nitrogen and oxygen atoms in total. The van der Waals surface area contributed by atoms with Gasteiger partial charge in [0.15, 0.2) is 9.84 Å². The standard InChI is InChI=1S/C24H30N2O3S/c1-3-21-17-25(2)23-10-5-4-7-20(23)16-26(21)24(27)13-14-30(28,29)22-12-11-18-8-6-9-19(18)15-22/h4-5,7,10-12,15,21H,3,6,8-9,13-14,16-17H2,1-2H3/t21-/m1/s1. The van der Waals surface area contributed by atoms with E-state index in [4.69, 9.17) is 0 Å². The van der Waals surface area contributed by atoms with Gasteiger partial charge in [0, 0.05) is 38.3 Å². The van der Waals surface area contributed by atoms with Gasteiger partial charge in [-0.2, -0.15) is 0 Å². The van der Waals surface area contributed by atoms with Crippen LogP contribution in [0, 0.1) is 0 Å². The fourth-order valence-corrected chi connectivity index (χ4v) is 5.98. The van der Waals surface area contributed by atoms with E-state index in [9.17, 15) is 13.2 Å². The van der Waals surface area contributed by atoms with Crippen molar-refractivity contribution in [3.63, 3.8) is 0 Å². The number of hydrogen-bond acceptors (Lipinski definition) is 4. The van der Waals surface area contributed by atoms with Crippen molar-refractivity contribution in [2.45, 2.75) is 56.5 Å². The highest BCUT2D eigenvalue weighted by atomic mass is 32.2. The van der Waals surface area contributed by atoms with Crippen LogP contribution in [0.25, 0.3) is 0 Å². The number of fused-ring (bicyclic) bond motifs is 2. The first kappa shape index (κ1) is 20.9. The molecular formula is C24H30N2O3S. The van der Waals surface area contributed by atoms with E-state index in [2.05, 4.69) is 17.9 Å². The summed E-state index contributed by atoms with van der Waals surface area (Å²) in [6.07, 6.45) is 3.90. The van der Waals surface area contributed by atoms with E-state index >= 15 is 0 Å². The average Bonchev–Trinajstić information content (AvgIpc) is 3.17. The van der Waals surface area contributed by atoms with Gasteiger partial charge in [-0.1, -0.05) is 31.2 Å². The average molecular weight is 427 g/mol. The maximum atomic E-state index is 13.1. The molecule has 160 valence electrons. The summed E-state index contributed by atoms with van der Waals surface area (Å²) < 4.78 is 25.8. The van der Waals surface area contributed by atoms with Crippen molar-refractivity contribution < 1.29 is 13.2 Å². The van der Waals surface area contributed by atoms with Gasteiger partial charge in [0.05, 0.1) is 10.6 Å². The molecule has 0 aromatic heterocycles. The Morgan fingerprint density at radius 3 is 2.63 bits per heavy atom. The molecule has 0 unspecified atom stereocenters. The van der Waals surface area contributed by atoms with E-state index in [1.54, 1.807) is 6.07 Å². The summed E-state index contributed by atoms with van der Waals surface area (Å²) in [6, 6.07) is 13.6. The maximum absolute atomic E-state index is 13.1. The highest BCUT2D eigenvalue weighted by Gasteiger charge is 2.29. The molecule has 0 N–H and O–H groups in total. The number of sulfone groups is 1. The molecule has 2 aliphatic rings. The lowest BCUT2D eigenvalue weighted by atomic mass is 10.1. The second-order valence-corrected chi connectivity index (χ2v) is 10.6. The summed E-state index contributed by atoms with van der Waals surface area (Å²) in [5.41, 5.74) is 4.63. The molecular weight excluding hydrogens is 396 g/mol. The van der Waals surface area contributed by atoms with Crippen molar-refractivity contribution in [1.29, 1.82) is 0 Å². The van der Waals surface area contributed by atoms with Gasteiger partial charge >= 0.3 is 0 Å². The third-order valence-electron chi connectivity index (χ3n) is 6.47. The normalized spacial score (nSPS) is 18.7. The molecule has 1 atom stereocenters. The number of likely N-dealkylation sites (N-methyl/N-ethyl adjacent to an activating group) is 1. The number of hydrogen-bond donors (Lipinski definition) is 0. The number of nitrogens with zero attached hydrogens (tertiary/aromatic N) is 2. The highest BCUT2D eigenvalue weighted by molar-refractivity contribution is 7.91. The van der Waals surface area contributed by atoms with Crippen LogP contribution in [0.2, 0.25) is 0 Å². The lowest BCUT2D eigenvalue weighted by Crippen LogP contribution is -2.43. The number of amides is 1. The summed E-state index contributed by atoms with van der Waals surface area (Å²) in [4.78, 5) is 17.6. The zero-order chi connectivity index (χ0) is 21.3. The molecule has 0 radical (unpaired) electrons. The lowest BCUT2D eigenvalue weighted by Gasteiger charge is -2.30. The van der Waals surface area contributed by atoms with E-state index in [0.717, 1.165) is 49.0 Å². The second-order valence-electron chi connectivity index (χ2n) is 8.45. The number of para-hydroxylation sites is 1. The SMILES string of the molecule is CC[C@@H]1CN(C)c2ccccc2CN1C(=O)CCS(=O)(=O)c1ccc2c(c1)CCC2. The van der Waals surface area contributed by atoms with Crippen LogP contribution in [0.15, 0.2) is 47.4 Å². The second kappa shape index (κ2) is 8.42. The molecule has 0 fully saturated rings. The van der Waals surface area contributed by atoms with Crippen LogP contribution >= 0.6 is 0 Å². The number of carbonyl (C=O) groups excluding carboxylic acids is 1. The van der Waals surface area contributed by atoms with Crippen LogP contribution in [-0.2, 0) is 34.0 Å². The van der Waals surface area contributed by atoms with E-state index < -0.39 is 9.84 Å². The Morgan fingerprint density at radius 2 is 1.83 bits per heavy atom. The van der Waals surface area contributed by atoms with Gasteiger partial charge in [-0.3, -0.25) is 4.79 Å². The zero-order valence-corrected chi connectivity index (χ0v) is 18.6. The van der Waals surface area contributed by atoms with Crippen LogP contribution in [0.4, 0.5) is 5.69 Å². The maximum Gasteiger partial charge on any atom is 0.224 e. The molecule has 30 heavy (non-hydrogen) atoms. The van der Waals surface area contributed by atoms with Crippen LogP contribution in [0.1, 0.15) is 42.9 Å².